The molecule has 0 radical (unpaired) electrons. The zero-order chi connectivity index (χ0) is 9.56. The minimum absolute atomic E-state index is 0.372. The standard InChI is InChI=1S/C8H9NO.CH4S/c1-6-3-2-4-7(5-6)8(9)10;1-2/h2-5H,1H3,(H2,9,10);2H,1H3. The van der Waals surface area contributed by atoms with E-state index in [1.54, 1.807) is 18.4 Å². The lowest BCUT2D eigenvalue weighted by Crippen LogP contribution is -2.10. The van der Waals surface area contributed by atoms with Crippen LogP contribution in [0.2, 0.25) is 0 Å². The van der Waals surface area contributed by atoms with Gasteiger partial charge in [0.2, 0.25) is 5.91 Å². The molecule has 0 aliphatic rings. The van der Waals surface area contributed by atoms with Gasteiger partial charge < -0.3 is 5.73 Å². The number of benzene rings is 1. The van der Waals surface area contributed by atoms with Gasteiger partial charge in [0.15, 0.2) is 0 Å². The lowest BCUT2D eigenvalue weighted by Gasteiger charge is -1.94. The number of hydrogen-bond acceptors (Lipinski definition) is 2. The van der Waals surface area contributed by atoms with E-state index in [9.17, 15) is 4.79 Å². The number of hydrogen-bond donors (Lipinski definition) is 2. The molecule has 0 unspecified atom stereocenters. The molecule has 1 aromatic carbocycles. The van der Waals surface area contributed by atoms with Crippen molar-refractivity contribution >= 4 is 18.5 Å². The van der Waals surface area contributed by atoms with E-state index in [0.29, 0.717) is 5.56 Å². The van der Waals surface area contributed by atoms with Crippen LogP contribution in [0.5, 0.6) is 0 Å². The first kappa shape index (κ1) is 11.0. The molecule has 0 heterocycles. The SMILES string of the molecule is CS.Cc1cccc(C(N)=O)c1. The first-order valence-electron chi connectivity index (χ1n) is 3.51. The van der Waals surface area contributed by atoms with Crippen LogP contribution in [-0.2, 0) is 0 Å². The van der Waals surface area contributed by atoms with E-state index < -0.39 is 0 Å². The molecular weight excluding hydrogens is 170 g/mol. The number of nitrogens with two attached hydrogens (primary N) is 1. The molecule has 0 bridgehead atoms. The highest BCUT2D eigenvalue weighted by molar-refractivity contribution is 7.79. The van der Waals surface area contributed by atoms with Crippen molar-refractivity contribution in [3.05, 3.63) is 35.4 Å². The number of amides is 1. The highest BCUT2D eigenvalue weighted by Gasteiger charge is 1.96. The zero-order valence-corrected chi connectivity index (χ0v) is 8.14. The van der Waals surface area contributed by atoms with Crippen molar-refractivity contribution in [1.29, 1.82) is 0 Å². The van der Waals surface area contributed by atoms with Crippen molar-refractivity contribution in [2.75, 3.05) is 6.26 Å². The molecule has 0 fully saturated rings. The Morgan fingerprint density at radius 1 is 1.42 bits per heavy atom. The molecule has 0 aromatic heterocycles. The van der Waals surface area contributed by atoms with Crippen molar-refractivity contribution in [3.63, 3.8) is 0 Å². The molecule has 0 spiro atoms. The van der Waals surface area contributed by atoms with Gasteiger partial charge in [0.1, 0.15) is 0 Å². The molecule has 0 saturated heterocycles. The molecule has 3 heteroatoms. The Kier molecular flexibility index (Phi) is 5.21. The van der Waals surface area contributed by atoms with Crippen molar-refractivity contribution in [1.82, 2.24) is 0 Å². The molecule has 1 aromatic rings. The third-order valence-corrected chi connectivity index (χ3v) is 1.30. The molecule has 12 heavy (non-hydrogen) atoms. The molecule has 0 aliphatic heterocycles. The van der Waals surface area contributed by atoms with Crippen LogP contribution in [0, 0.1) is 6.92 Å². The summed E-state index contributed by atoms with van der Waals surface area (Å²) >= 11 is 3.53. The van der Waals surface area contributed by atoms with Crippen LogP contribution >= 0.6 is 12.6 Å². The summed E-state index contributed by atoms with van der Waals surface area (Å²) in [5.74, 6) is -0.372. The van der Waals surface area contributed by atoms with Gasteiger partial charge in [-0.15, -0.1) is 0 Å². The number of thiol groups is 1. The van der Waals surface area contributed by atoms with E-state index in [0.717, 1.165) is 5.56 Å². The van der Waals surface area contributed by atoms with Crippen molar-refractivity contribution < 1.29 is 4.79 Å². The Morgan fingerprint density at radius 2 is 2.00 bits per heavy atom. The molecule has 0 saturated carbocycles. The van der Waals surface area contributed by atoms with Gasteiger partial charge in [-0.1, -0.05) is 17.7 Å². The first-order chi connectivity index (χ1) is 5.70. The predicted molar refractivity (Wildman–Crippen MR) is 54.6 cm³/mol. The van der Waals surface area contributed by atoms with E-state index in [1.165, 1.54) is 0 Å². The molecular formula is C9H13NOS. The Labute approximate surface area is 78.2 Å². The van der Waals surface area contributed by atoms with Crippen LogP contribution in [0.25, 0.3) is 0 Å². The summed E-state index contributed by atoms with van der Waals surface area (Å²) in [6, 6.07) is 7.21. The fourth-order valence-corrected chi connectivity index (χ4v) is 0.798. The van der Waals surface area contributed by atoms with Gasteiger partial charge in [0, 0.05) is 5.56 Å². The van der Waals surface area contributed by atoms with Crippen LogP contribution in [0.1, 0.15) is 15.9 Å². The maximum absolute atomic E-state index is 10.6. The Hall–Kier alpha value is -0.960. The monoisotopic (exact) mass is 183 g/mol. The number of primary amides is 1. The van der Waals surface area contributed by atoms with Crippen LogP contribution in [0.15, 0.2) is 24.3 Å². The maximum atomic E-state index is 10.6. The van der Waals surface area contributed by atoms with Gasteiger partial charge in [-0.2, -0.15) is 12.6 Å². The molecule has 0 aliphatic carbocycles. The molecule has 2 N–H and O–H groups in total. The predicted octanol–water partition coefficient (Wildman–Crippen LogP) is 1.64. The van der Waals surface area contributed by atoms with E-state index in [2.05, 4.69) is 12.6 Å². The zero-order valence-electron chi connectivity index (χ0n) is 7.24. The maximum Gasteiger partial charge on any atom is 0.248 e. The van der Waals surface area contributed by atoms with Crippen LogP contribution < -0.4 is 5.73 Å². The Balaban J connectivity index is 0.000000561. The van der Waals surface area contributed by atoms with Gasteiger partial charge in [-0.3, -0.25) is 4.79 Å². The minimum Gasteiger partial charge on any atom is -0.366 e. The summed E-state index contributed by atoms with van der Waals surface area (Å²) in [5.41, 5.74) is 6.67. The third kappa shape index (κ3) is 3.44. The highest BCUT2D eigenvalue weighted by Crippen LogP contribution is 2.01. The summed E-state index contributed by atoms with van der Waals surface area (Å²) in [6.07, 6.45) is 1.69. The topological polar surface area (TPSA) is 43.1 Å². The normalized spacial score (nSPS) is 8.25. The second kappa shape index (κ2) is 5.66. The summed E-state index contributed by atoms with van der Waals surface area (Å²) in [7, 11) is 0. The smallest absolute Gasteiger partial charge is 0.248 e. The minimum atomic E-state index is -0.372. The van der Waals surface area contributed by atoms with Crippen molar-refractivity contribution in [2.45, 2.75) is 6.92 Å². The molecule has 1 amide bonds. The van der Waals surface area contributed by atoms with Gasteiger partial charge in [-0.05, 0) is 25.3 Å². The second-order valence-electron chi connectivity index (χ2n) is 2.23. The average Bonchev–Trinajstić information content (AvgIpc) is 2.08. The summed E-state index contributed by atoms with van der Waals surface area (Å²) in [6.45, 7) is 1.92. The lowest BCUT2D eigenvalue weighted by molar-refractivity contribution is 0.1000. The molecule has 66 valence electrons. The molecule has 0 atom stereocenters. The van der Waals surface area contributed by atoms with Crippen LogP contribution in [-0.4, -0.2) is 12.2 Å². The van der Waals surface area contributed by atoms with Gasteiger partial charge in [-0.25, -0.2) is 0 Å². The second-order valence-corrected chi connectivity index (χ2v) is 2.23. The Morgan fingerprint density at radius 3 is 2.33 bits per heavy atom. The van der Waals surface area contributed by atoms with Crippen LogP contribution in [0.3, 0.4) is 0 Å². The van der Waals surface area contributed by atoms with E-state index in [4.69, 9.17) is 5.73 Å². The lowest BCUT2D eigenvalue weighted by atomic mass is 10.1. The largest absolute Gasteiger partial charge is 0.366 e. The molecule has 2 nitrogen and oxygen atoms in total. The fourth-order valence-electron chi connectivity index (χ4n) is 0.798. The number of rotatable bonds is 1. The van der Waals surface area contributed by atoms with E-state index in [-0.39, 0.29) is 5.91 Å². The summed E-state index contributed by atoms with van der Waals surface area (Å²) < 4.78 is 0. The van der Waals surface area contributed by atoms with Crippen molar-refractivity contribution in [2.24, 2.45) is 5.73 Å². The van der Waals surface area contributed by atoms with E-state index in [1.807, 2.05) is 19.1 Å². The highest BCUT2D eigenvalue weighted by atomic mass is 32.1. The fraction of sp³-hybridized carbons (Fsp3) is 0.222. The average molecular weight is 183 g/mol. The van der Waals surface area contributed by atoms with Gasteiger partial charge in [0.25, 0.3) is 0 Å². The third-order valence-electron chi connectivity index (χ3n) is 1.30. The number of carbonyl (C=O) groups excluding carboxylic acids is 1. The summed E-state index contributed by atoms with van der Waals surface area (Å²) in [5, 5.41) is 0. The number of carbonyl (C=O) groups is 1. The molecule has 1 rings (SSSR count). The van der Waals surface area contributed by atoms with Crippen LogP contribution in [0.4, 0.5) is 0 Å². The summed E-state index contributed by atoms with van der Waals surface area (Å²) in [4.78, 5) is 10.6. The van der Waals surface area contributed by atoms with Gasteiger partial charge in [0.05, 0.1) is 0 Å². The number of aryl methyl sites for hydroxylation is 1. The van der Waals surface area contributed by atoms with Gasteiger partial charge >= 0.3 is 0 Å². The first-order valence-corrected chi connectivity index (χ1v) is 4.41. The van der Waals surface area contributed by atoms with Crippen molar-refractivity contribution in [3.8, 4) is 0 Å². The quantitative estimate of drug-likeness (QED) is 0.639. The Bertz CT molecular complexity index is 260. The van der Waals surface area contributed by atoms with E-state index >= 15 is 0 Å².